The zero-order valence-corrected chi connectivity index (χ0v) is 9.75. The van der Waals surface area contributed by atoms with E-state index in [1.807, 2.05) is 37.3 Å². The Balaban J connectivity index is 2.44. The first kappa shape index (κ1) is 11.0. The van der Waals surface area contributed by atoms with Gasteiger partial charge in [0, 0.05) is 10.4 Å². The van der Waals surface area contributed by atoms with Gasteiger partial charge in [0.05, 0.1) is 12.2 Å². The lowest BCUT2D eigenvalue weighted by Gasteiger charge is -1.96. The average molecular weight is 232 g/mol. The molecule has 2 N–H and O–H groups in total. The number of carbonyl (C=O) groups excluding carboxylic acids is 1. The maximum absolute atomic E-state index is 11.4. The Hall–Kier alpha value is -1.52. The van der Waals surface area contributed by atoms with E-state index in [0.29, 0.717) is 5.01 Å². The molecule has 0 unspecified atom stereocenters. The van der Waals surface area contributed by atoms with Crippen LogP contribution >= 0.6 is 11.3 Å². The van der Waals surface area contributed by atoms with E-state index in [9.17, 15) is 4.79 Å². The number of nitrogens with two attached hydrogens (primary N) is 1. The fraction of sp³-hybridized carbons (Fsp3) is 0.167. The number of nitrogens with zero attached hydrogens (tertiary/aromatic N) is 1. The van der Waals surface area contributed by atoms with Gasteiger partial charge in [-0.25, -0.2) is 4.98 Å². The first-order valence-corrected chi connectivity index (χ1v) is 5.80. The molecule has 0 spiro atoms. The van der Waals surface area contributed by atoms with Crippen molar-refractivity contribution < 1.29 is 4.79 Å². The number of benzene rings is 1. The summed E-state index contributed by atoms with van der Waals surface area (Å²) in [6.07, 6.45) is 0. The summed E-state index contributed by atoms with van der Waals surface area (Å²) in [6, 6.07) is 9.84. The maximum atomic E-state index is 11.4. The van der Waals surface area contributed by atoms with Crippen molar-refractivity contribution in [1.82, 2.24) is 4.98 Å². The third kappa shape index (κ3) is 2.03. The van der Waals surface area contributed by atoms with Gasteiger partial charge in [-0.05, 0) is 6.92 Å². The van der Waals surface area contributed by atoms with Crippen LogP contribution in [-0.4, -0.2) is 17.3 Å². The predicted molar refractivity (Wildman–Crippen MR) is 65.7 cm³/mol. The number of hydrogen-bond acceptors (Lipinski definition) is 4. The third-order valence-electron chi connectivity index (χ3n) is 2.27. The van der Waals surface area contributed by atoms with E-state index >= 15 is 0 Å². The summed E-state index contributed by atoms with van der Waals surface area (Å²) in [5.41, 5.74) is 7.23. The van der Waals surface area contributed by atoms with Gasteiger partial charge in [-0.3, -0.25) is 4.79 Å². The van der Waals surface area contributed by atoms with Gasteiger partial charge >= 0.3 is 0 Å². The Labute approximate surface area is 97.9 Å². The van der Waals surface area contributed by atoms with E-state index in [2.05, 4.69) is 4.98 Å². The van der Waals surface area contributed by atoms with E-state index in [-0.39, 0.29) is 12.3 Å². The Bertz CT molecular complexity index is 505. The normalized spacial score (nSPS) is 10.4. The van der Waals surface area contributed by atoms with Gasteiger partial charge in [0.25, 0.3) is 0 Å². The number of ketones is 1. The standard InChI is InChI=1S/C12H12N2OS/c1-8-11(9-5-3-2-4-6-9)14-12(16-8)10(15)7-13/h2-6H,7,13H2,1H3. The molecule has 0 aliphatic rings. The molecule has 82 valence electrons. The van der Waals surface area contributed by atoms with Crippen molar-refractivity contribution in [3.63, 3.8) is 0 Å². The number of rotatable bonds is 3. The first-order chi connectivity index (χ1) is 7.72. The highest BCUT2D eigenvalue weighted by atomic mass is 32.1. The Kier molecular flexibility index (Phi) is 3.12. The molecule has 16 heavy (non-hydrogen) atoms. The highest BCUT2D eigenvalue weighted by Gasteiger charge is 2.13. The van der Waals surface area contributed by atoms with Gasteiger partial charge < -0.3 is 5.73 Å². The van der Waals surface area contributed by atoms with Gasteiger partial charge in [0.1, 0.15) is 0 Å². The minimum atomic E-state index is -0.102. The molecule has 4 heteroatoms. The Morgan fingerprint density at radius 2 is 2.06 bits per heavy atom. The summed E-state index contributed by atoms with van der Waals surface area (Å²) in [5.74, 6) is -0.102. The first-order valence-electron chi connectivity index (χ1n) is 4.98. The van der Waals surface area contributed by atoms with E-state index in [0.717, 1.165) is 16.1 Å². The SMILES string of the molecule is Cc1sc(C(=O)CN)nc1-c1ccccc1. The van der Waals surface area contributed by atoms with Crippen LogP contribution in [0.25, 0.3) is 11.3 Å². The number of Topliss-reactive ketones (excluding diaryl/α,β-unsaturated/α-hetero) is 1. The van der Waals surface area contributed by atoms with Crippen molar-refractivity contribution >= 4 is 17.1 Å². The highest BCUT2D eigenvalue weighted by Crippen LogP contribution is 2.27. The molecule has 0 amide bonds. The van der Waals surface area contributed by atoms with E-state index in [1.165, 1.54) is 11.3 Å². The van der Waals surface area contributed by atoms with Crippen molar-refractivity contribution in [1.29, 1.82) is 0 Å². The second-order valence-corrected chi connectivity index (χ2v) is 4.62. The molecule has 0 atom stereocenters. The summed E-state index contributed by atoms with van der Waals surface area (Å²) >= 11 is 1.40. The third-order valence-corrected chi connectivity index (χ3v) is 3.28. The minimum Gasteiger partial charge on any atom is -0.324 e. The molecule has 1 aromatic carbocycles. The van der Waals surface area contributed by atoms with Crippen LogP contribution in [0.15, 0.2) is 30.3 Å². The fourth-order valence-electron chi connectivity index (χ4n) is 1.47. The molecule has 0 saturated carbocycles. The quantitative estimate of drug-likeness (QED) is 0.826. The smallest absolute Gasteiger partial charge is 0.204 e. The fourth-order valence-corrected chi connectivity index (χ4v) is 2.35. The largest absolute Gasteiger partial charge is 0.324 e. The number of aryl methyl sites for hydroxylation is 1. The summed E-state index contributed by atoms with van der Waals surface area (Å²) in [4.78, 5) is 16.8. The van der Waals surface area contributed by atoms with Crippen LogP contribution in [0.3, 0.4) is 0 Å². The lowest BCUT2D eigenvalue weighted by molar-refractivity contribution is 0.100. The van der Waals surface area contributed by atoms with Gasteiger partial charge in [-0.1, -0.05) is 30.3 Å². The molecule has 1 aromatic heterocycles. The molecule has 0 fully saturated rings. The van der Waals surface area contributed by atoms with Crippen molar-refractivity contribution in [3.05, 3.63) is 40.2 Å². The Morgan fingerprint density at radius 1 is 1.38 bits per heavy atom. The molecular weight excluding hydrogens is 220 g/mol. The van der Waals surface area contributed by atoms with Gasteiger partial charge in [-0.15, -0.1) is 11.3 Å². The maximum Gasteiger partial charge on any atom is 0.204 e. The van der Waals surface area contributed by atoms with Crippen LogP contribution in [0.1, 0.15) is 14.7 Å². The van der Waals surface area contributed by atoms with Gasteiger partial charge in [0.2, 0.25) is 5.78 Å². The van der Waals surface area contributed by atoms with Crippen LogP contribution in [-0.2, 0) is 0 Å². The zero-order chi connectivity index (χ0) is 11.5. The molecule has 2 aromatic rings. The summed E-state index contributed by atoms with van der Waals surface area (Å²) in [5, 5.41) is 0.499. The second-order valence-electron chi connectivity index (χ2n) is 3.42. The number of aromatic nitrogens is 1. The molecule has 3 nitrogen and oxygen atoms in total. The second kappa shape index (κ2) is 4.55. The van der Waals surface area contributed by atoms with Crippen LogP contribution in [0.2, 0.25) is 0 Å². The van der Waals surface area contributed by atoms with Crippen LogP contribution in [0, 0.1) is 6.92 Å². The van der Waals surface area contributed by atoms with E-state index < -0.39 is 0 Å². The number of thiazole rings is 1. The van der Waals surface area contributed by atoms with Crippen LogP contribution < -0.4 is 5.73 Å². The van der Waals surface area contributed by atoms with Crippen LogP contribution in [0.4, 0.5) is 0 Å². The molecule has 2 rings (SSSR count). The number of carbonyl (C=O) groups is 1. The predicted octanol–water partition coefficient (Wildman–Crippen LogP) is 2.26. The molecule has 0 saturated heterocycles. The summed E-state index contributed by atoms with van der Waals surface area (Å²) in [6.45, 7) is 1.98. The van der Waals surface area contributed by atoms with Crippen molar-refractivity contribution in [3.8, 4) is 11.3 Å². The van der Waals surface area contributed by atoms with Crippen molar-refractivity contribution in [2.24, 2.45) is 5.73 Å². The topological polar surface area (TPSA) is 56.0 Å². The molecule has 0 aliphatic heterocycles. The summed E-state index contributed by atoms with van der Waals surface area (Å²) < 4.78 is 0. The highest BCUT2D eigenvalue weighted by molar-refractivity contribution is 7.14. The molecule has 0 bridgehead atoms. The van der Waals surface area contributed by atoms with Crippen molar-refractivity contribution in [2.45, 2.75) is 6.92 Å². The van der Waals surface area contributed by atoms with Gasteiger partial charge in [-0.2, -0.15) is 0 Å². The molecule has 0 radical (unpaired) electrons. The number of hydrogen-bond donors (Lipinski definition) is 1. The molecule has 0 aliphatic carbocycles. The van der Waals surface area contributed by atoms with Gasteiger partial charge in [0.15, 0.2) is 5.01 Å². The average Bonchev–Trinajstić information content (AvgIpc) is 2.71. The van der Waals surface area contributed by atoms with E-state index in [1.54, 1.807) is 0 Å². The van der Waals surface area contributed by atoms with E-state index in [4.69, 9.17) is 5.73 Å². The summed E-state index contributed by atoms with van der Waals surface area (Å²) in [7, 11) is 0. The Morgan fingerprint density at radius 3 is 2.69 bits per heavy atom. The van der Waals surface area contributed by atoms with Crippen LogP contribution in [0.5, 0.6) is 0 Å². The molecular formula is C12H12N2OS. The van der Waals surface area contributed by atoms with Crippen molar-refractivity contribution in [2.75, 3.05) is 6.54 Å². The lowest BCUT2D eigenvalue weighted by Crippen LogP contribution is -2.13. The minimum absolute atomic E-state index is 0.0151. The molecule has 1 heterocycles. The lowest BCUT2D eigenvalue weighted by atomic mass is 10.1. The monoisotopic (exact) mass is 232 g/mol. The zero-order valence-electron chi connectivity index (χ0n) is 8.93.